The van der Waals surface area contributed by atoms with Crippen molar-refractivity contribution in [3.63, 3.8) is 0 Å². The molecule has 0 spiro atoms. The van der Waals surface area contributed by atoms with Gasteiger partial charge in [0.2, 0.25) is 5.91 Å². The molecular formula is C43H64N6O4S. The number of carboxylic acid groups (broad SMARTS) is 1. The molecule has 3 amide bonds. The summed E-state index contributed by atoms with van der Waals surface area (Å²) in [6.45, 7) is 14.6. The van der Waals surface area contributed by atoms with Gasteiger partial charge in [-0.05, 0) is 99.9 Å². The second-order valence-corrected chi connectivity index (χ2v) is 17.2. The topological polar surface area (TPSA) is 108 Å². The highest BCUT2D eigenvalue weighted by Crippen LogP contribution is 2.39. The summed E-state index contributed by atoms with van der Waals surface area (Å²) >= 11 is 1.61. The largest absolute Gasteiger partial charge is 0.465 e. The van der Waals surface area contributed by atoms with E-state index in [4.69, 9.17) is 0 Å². The maximum atomic E-state index is 13.0. The standard InChI is InChI=1S/C43H64N6O4S/c1-43(2,3)32-49(31-35-20-21-38(54-35)41(51)47(6)25-14-24-44-4)26-12-8-11-19-39(50)46(5)29-30-48-27-22-34(23-28-48)37-18-13-17-36(40(37)45-42(52)53)33-15-9-7-10-16-33/h7,9-10,13,15-18,20-21,34,44-45H,8,11-12,14,19,22-32H2,1-6H3,(H,52,53). The van der Waals surface area contributed by atoms with Gasteiger partial charge in [0.05, 0.1) is 10.6 Å². The van der Waals surface area contributed by atoms with Crippen molar-refractivity contribution in [3.8, 4) is 11.1 Å². The molecule has 0 radical (unpaired) electrons. The van der Waals surface area contributed by atoms with Gasteiger partial charge in [0.25, 0.3) is 5.91 Å². The van der Waals surface area contributed by atoms with Gasteiger partial charge >= 0.3 is 6.09 Å². The lowest BCUT2D eigenvalue weighted by atomic mass is 9.86. The zero-order chi connectivity index (χ0) is 39.1. The number of nitrogens with zero attached hydrogens (tertiary/aromatic N) is 4. The number of hydrogen-bond donors (Lipinski definition) is 3. The first-order valence-electron chi connectivity index (χ1n) is 19.7. The minimum absolute atomic E-state index is 0.0932. The Morgan fingerprint density at radius 1 is 0.870 bits per heavy atom. The highest BCUT2D eigenvalue weighted by molar-refractivity contribution is 7.14. The third-order valence-corrected chi connectivity index (χ3v) is 11.3. The molecule has 1 fully saturated rings. The van der Waals surface area contributed by atoms with E-state index in [-0.39, 0.29) is 23.1 Å². The number of hydrogen-bond acceptors (Lipinski definition) is 7. The van der Waals surface area contributed by atoms with Gasteiger partial charge in [0, 0.05) is 63.7 Å². The van der Waals surface area contributed by atoms with E-state index in [1.54, 1.807) is 11.3 Å². The smallest absolute Gasteiger partial charge is 0.409 e. The summed E-state index contributed by atoms with van der Waals surface area (Å²) in [7, 11) is 5.72. The number of carbonyl (C=O) groups excluding carboxylic acids is 2. The predicted molar refractivity (Wildman–Crippen MR) is 223 cm³/mol. The van der Waals surface area contributed by atoms with Crippen LogP contribution in [0.3, 0.4) is 0 Å². The number of para-hydroxylation sites is 1. The first kappa shape index (κ1) is 43.0. The molecule has 296 valence electrons. The molecule has 0 bridgehead atoms. The van der Waals surface area contributed by atoms with Gasteiger partial charge in [0.15, 0.2) is 0 Å². The Morgan fingerprint density at radius 2 is 1.61 bits per heavy atom. The quantitative estimate of drug-likeness (QED) is 0.100. The van der Waals surface area contributed by atoms with E-state index in [0.717, 1.165) is 112 Å². The minimum atomic E-state index is -1.05. The summed E-state index contributed by atoms with van der Waals surface area (Å²) in [6, 6.07) is 20.1. The first-order chi connectivity index (χ1) is 25.8. The van der Waals surface area contributed by atoms with Crippen LogP contribution in [-0.2, 0) is 11.3 Å². The summed E-state index contributed by atoms with van der Waals surface area (Å²) in [5.41, 5.74) is 3.80. The monoisotopic (exact) mass is 760 g/mol. The SMILES string of the molecule is CNCCCN(C)C(=O)c1ccc(CN(CCCCCC(=O)N(C)CCN2CCC(c3cccc(-c4ccccc4)c3NC(=O)O)CC2)CC(C)(C)C)s1. The van der Waals surface area contributed by atoms with Crippen LogP contribution in [0.25, 0.3) is 11.1 Å². The number of amides is 3. The lowest BCUT2D eigenvalue weighted by Gasteiger charge is -2.34. The normalized spacial score (nSPS) is 14.0. The third kappa shape index (κ3) is 13.8. The van der Waals surface area contributed by atoms with Crippen LogP contribution in [0.2, 0.25) is 0 Å². The van der Waals surface area contributed by atoms with Crippen LogP contribution in [0, 0.1) is 5.41 Å². The van der Waals surface area contributed by atoms with E-state index < -0.39 is 6.09 Å². The Morgan fingerprint density at radius 3 is 2.30 bits per heavy atom. The molecule has 3 aromatic rings. The number of benzene rings is 2. The molecule has 1 aromatic heterocycles. The maximum absolute atomic E-state index is 13.0. The van der Waals surface area contributed by atoms with Gasteiger partial charge in [-0.1, -0.05) is 75.7 Å². The van der Waals surface area contributed by atoms with Crippen LogP contribution in [0.4, 0.5) is 10.5 Å². The molecule has 4 rings (SSSR count). The summed E-state index contributed by atoms with van der Waals surface area (Å²) < 4.78 is 0. The van der Waals surface area contributed by atoms with Gasteiger partial charge in [-0.25, -0.2) is 4.79 Å². The fraction of sp³-hybridized carbons (Fsp3) is 0.558. The maximum Gasteiger partial charge on any atom is 0.409 e. The van der Waals surface area contributed by atoms with Crippen LogP contribution < -0.4 is 10.6 Å². The van der Waals surface area contributed by atoms with E-state index in [0.29, 0.717) is 18.7 Å². The molecule has 10 nitrogen and oxygen atoms in total. The molecule has 3 N–H and O–H groups in total. The average molecular weight is 761 g/mol. The van der Waals surface area contributed by atoms with Crippen molar-refractivity contribution >= 4 is 34.9 Å². The predicted octanol–water partition coefficient (Wildman–Crippen LogP) is 7.93. The number of anilines is 1. The molecule has 11 heteroatoms. The van der Waals surface area contributed by atoms with E-state index >= 15 is 0 Å². The van der Waals surface area contributed by atoms with Gasteiger partial charge in [0.1, 0.15) is 0 Å². The lowest BCUT2D eigenvalue weighted by Crippen LogP contribution is -2.40. The molecule has 1 aliphatic heterocycles. The molecule has 2 heterocycles. The Bertz CT molecular complexity index is 1620. The molecule has 2 aromatic carbocycles. The molecule has 0 saturated carbocycles. The van der Waals surface area contributed by atoms with Crippen molar-refractivity contribution in [1.82, 2.24) is 24.9 Å². The molecule has 0 atom stereocenters. The summed E-state index contributed by atoms with van der Waals surface area (Å²) in [5.74, 6) is 0.559. The molecule has 1 aliphatic rings. The van der Waals surface area contributed by atoms with Gasteiger partial charge in [-0.15, -0.1) is 11.3 Å². The van der Waals surface area contributed by atoms with Crippen molar-refractivity contribution in [3.05, 3.63) is 76.0 Å². The van der Waals surface area contributed by atoms with E-state index in [1.807, 2.05) is 79.5 Å². The summed E-state index contributed by atoms with van der Waals surface area (Å²) in [6.07, 6.45) is 5.24. The lowest BCUT2D eigenvalue weighted by molar-refractivity contribution is -0.130. The number of likely N-dealkylation sites (N-methyl/N-ethyl adjacent to an activating group) is 1. The third-order valence-electron chi connectivity index (χ3n) is 10.2. The van der Waals surface area contributed by atoms with Crippen molar-refractivity contribution in [2.24, 2.45) is 5.41 Å². The number of rotatable bonds is 20. The number of carbonyl (C=O) groups is 3. The zero-order valence-corrected chi connectivity index (χ0v) is 34.4. The number of thiophene rings is 1. The fourth-order valence-corrected chi connectivity index (χ4v) is 8.39. The van der Waals surface area contributed by atoms with Gasteiger partial charge in [-0.3, -0.25) is 19.8 Å². The number of piperidine rings is 1. The van der Waals surface area contributed by atoms with Crippen molar-refractivity contribution < 1.29 is 19.5 Å². The van der Waals surface area contributed by atoms with E-state index in [1.165, 1.54) is 4.88 Å². The van der Waals surface area contributed by atoms with Crippen LogP contribution >= 0.6 is 11.3 Å². The molecular weight excluding hydrogens is 697 g/mol. The highest BCUT2D eigenvalue weighted by Gasteiger charge is 2.25. The Balaban J connectivity index is 1.18. The number of nitrogens with one attached hydrogen (secondary N) is 2. The van der Waals surface area contributed by atoms with Gasteiger partial charge < -0.3 is 25.1 Å². The zero-order valence-electron chi connectivity index (χ0n) is 33.5. The van der Waals surface area contributed by atoms with Crippen LogP contribution in [0.15, 0.2) is 60.7 Å². The Kier molecular flexibility index (Phi) is 17.0. The fourth-order valence-electron chi connectivity index (χ4n) is 7.34. The van der Waals surface area contributed by atoms with Crippen molar-refractivity contribution in [2.45, 2.75) is 78.2 Å². The molecule has 0 aliphatic carbocycles. The highest BCUT2D eigenvalue weighted by atomic mass is 32.1. The van der Waals surface area contributed by atoms with Crippen LogP contribution in [-0.4, -0.2) is 116 Å². The Labute approximate surface area is 327 Å². The second-order valence-electron chi connectivity index (χ2n) is 16.0. The van der Waals surface area contributed by atoms with Gasteiger partial charge in [-0.2, -0.15) is 0 Å². The summed E-state index contributed by atoms with van der Waals surface area (Å²) in [5, 5.41) is 15.5. The van der Waals surface area contributed by atoms with Crippen LogP contribution in [0.5, 0.6) is 0 Å². The second kappa shape index (κ2) is 21.4. The number of unbranched alkanes of at least 4 members (excludes halogenated alkanes) is 2. The van der Waals surface area contributed by atoms with Crippen molar-refractivity contribution in [2.75, 3.05) is 78.8 Å². The number of likely N-dealkylation sites (tertiary alicyclic amines) is 1. The molecule has 0 unspecified atom stereocenters. The van der Waals surface area contributed by atoms with Crippen molar-refractivity contribution in [1.29, 1.82) is 0 Å². The van der Waals surface area contributed by atoms with Crippen LogP contribution in [0.1, 0.15) is 91.7 Å². The first-order valence-corrected chi connectivity index (χ1v) is 20.5. The molecule has 1 saturated heterocycles. The van der Waals surface area contributed by atoms with E-state index in [9.17, 15) is 19.5 Å². The summed E-state index contributed by atoms with van der Waals surface area (Å²) in [4.78, 5) is 48.4. The molecule has 54 heavy (non-hydrogen) atoms. The minimum Gasteiger partial charge on any atom is -0.465 e. The average Bonchev–Trinajstić information content (AvgIpc) is 3.61. The Hall–Kier alpha value is -3.77. The van der Waals surface area contributed by atoms with E-state index in [2.05, 4.69) is 53.3 Å².